The fourth-order valence-electron chi connectivity index (χ4n) is 1.38. The lowest BCUT2D eigenvalue weighted by molar-refractivity contribution is 0.187. The summed E-state index contributed by atoms with van der Waals surface area (Å²) in [6.45, 7) is 2.57. The number of halogens is 1. The number of aromatic nitrogens is 2. The van der Waals surface area contributed by atoms with Crippen LogP contribution in [0.15, 0.2) is 12.4 Å². The zero-order valence-electron chi connectivity index (χ0n) is 7.74. The average Bonchev–Trinajstić information content (AvgIpc) is 2.70. The van der Waals surface area contributed by atoms with Crippen molar-refractivity contribution in [3.05, 3.63) is 17.4 Å². The van der Waals surface area contributed by atoms with E-state index in [1.807, 2.05) is 0 Å². The summed E-state index contributed by atoms with van der Waals surface area (Å²) in [5.41, 5.74) is 0. The van der Waals surface area contributed by atoms with Crippen LogP contribution >= 0.6 is 11.6 Å². The average molecular weight is 214 g/mol. The molecule has 4 nitrogen and oxygen atoms in total. The maximum absolute atomic E-state index is 5.67. The highest BCUT2D eigenvalue weighted by molar-refractivity contribution is 6.30. The monoisotopic (exact) mass is 213 g/mol. The van der Waals surface area contributed by atoms with Crippen molar-refractivity contribution in [2.24, 2.45) is 5.92 Å². The van der Waals surface area contributed by atoms with Crippen molar-refractivity contribution in [2.75, 3.05) is 25.1 Å². The molecule has 0 amide bonds. The van der Waals surface area contributed by atoms with E-state index in [0.717, 1.165) is 26.2 Å². The summed E-state index contributed by atoms with van der Waals surface area (Å²) < 4.78 is 5.26. The first kappa shape index (κ1) is 9.68. The van der Waals surface area contributed by atoms with Crippen molar-refractivity contribution < 1.29 is 4.74 Å². The summed E-state index contributed by atoms with van der Waals surface area (Å²) in [7, 11) is 0. The summed E-state index contributed by atoms with van der Waals surface area (Å²) in [5, 5.41) is 3.71. The van der Waals surface area contributed by atoms with Crippen LogP contribution in [-0.4, -0.2) is 29.7 Å². The molecule has 0 saturated carbocycles. The molecule has 1 N–H and O–H groups in total. The fourth-order valence-corrected chi connectivity index (χ4v) is 1.48. The molecule has 1 atom stereocenters. The molecule has 1 aliphatic heterocycles. The number of rotatable bonds is 3. The van der Waals surface area contributed by atoms with Gasteiger partial charge in [0.25, 0.3) is 0 Å². The highest BCUT2D eigenvalue weighted by Crippen LogP contribution is 2.12. The minimum Gasteiger partial charge on any atom is -0.381 e. The Kier molecular flexibility index (Phi) is 3.16. The van der Waals surface area contributed by atoms with E-state index in [4.69, 9.17) is 16.3 Å². The maximum Gasteiger partial charge on any atom is 0.222 e. The summed E-state index contributed by atoms with van der Waals surface area (Å²) in [5.74, 6) is 1.20. The second kappa shape index (κ2) is 4.57. The smallest absolute Gasteiger partial charge is 0.222 e. The molecular weight excluding hydrogens is 202 g/mol. The molecular formula is C9H12ClN3O. The molecule has 2 heterocycles. The van der Waals surface area contributed by atoms with Crippen molar-refractivity contribution in [1.82, 2.24) is 9.97 Å². The van der Waals surface area contributed by atoms with E-state index in [-0.39, 0.29) is 0 Å². The maximum atomic E-state index is 5.67. The zero-order valence-corrected chi connectivity index (χ0v) is 8.50. The molecule has 1 aromatic rings. The Hall–Kier alpha value is -0.870. The van der Waals surface area contributed by atoms with Crippen molar-refractivity contribution >= 4 is 17.5 Å². The van der Waals surface area contributed by atoms with Gasteiger partial charge in [-0.25, -0.2) is 9.97 Å². The normalized spacial score (nSPS) is 21.1. The number of nitrogens with zero attached hydrogens (tertiary/aromatic N) is 2. The third-order valence-electron chi connectivity index (χ3n) is 2.19. The highest BCUT2D eigenvalue weighted by Gasteiger charge is 2.15. The molecule has 0 spiro atoms. The Morgan fingerprint density at radius 1 is 1.50 bits per heavy atom. The number of hydrogen-bond acceptors (Lipinski definition) is 4. The summed E-state index contributed by atoms with van der Waals surface area (Å²) in [4.78, 5) is 8.09. The van der Waals surface area contributed by atoms with Gasteiger partial charge in [0, 0.05) is 19.1 Å². The van der Waals surface area contributed by atoms with Crippen LogP contribution in [0.3, 0.4) is 0 Å². The molecule has 0 aromatic carbocycles. The van der Waals surface area contributed by atoms with Crippen LogP contribution in [-0.2, 0) is 4.74 Å². The molecule has 0 aliphatic carbocycles. The van der Waals surface area contributed by atoms with Gasteiger partial charge in [0.05, 0.1) is 24.0 Å². The lowest BCUT2D eigenvalue weighted by Crippen LogP contribution is -2.15. The Morgan fingerprint density at radius 3 is 2.93 bits per heavy atom. The van der Waals surface area contributed by atoms with Gasteiger partial charge in [-0.3, -0.25) is 0 Å². The molecule has 0 radical (unpaired) electrons. The molecule has 5 heteroatoms. The Morgan fingerprint density at radius 2 is 2.29 bits per heavy atom. The fraction of sp³-hybridized carbons (Fsp3) is 0.556. The third kappa shape index (κ3) is 2.56. The Labute approximate surface area is 87.7 Å². The van der Waals surface area contributed by atoms with Gasteiger partial charge in [-0.15, -0.1) is 0 Å². The SMILES string of the molecule is Clc1cnc(NCC2CCOC2)nc1. The summed E-state index contributed by atoms with van der Waals surface area (Å²) in [6, 6.07) is 0. The van der Waals surface area contributed by atoms with Crippen molar-refractivity contribution in [1.29, 1.82) is 0 Å². The van der Waals surface area contributed by atoms with Gasteiger partial charge in [-0.2, -0.15) is 0 Å². The van der Waals surface area contributed by atoms with Crippen LogP contribution in [0.1, 0.15) is 6.42 Å². The van der Waals surface area contributed by atoms with Gasteiger partial charge in [-0.05, 0) is 6.42 Å². The molecule has 1 unspecified atom stereocenters. The van der Waals surface area contributed by atoms with Gasteiger partial charge < -0.3 is 10.1 Å². The van der Waals surface area contributed by atoms with Gasteiger partial charge in [0.1, 0.15) is 0 Å². The van der Waals surface area contributed by atoms with Crippen molar-refractivity contribution in [2.45, 2.75) is 6.42 Å². The molecule has 1 aliphatic rings. The molecule has 14 heavy (non-hydrogen) atoms. The quantitative estimate of drug-likeness (QED) is 0.828. The molecule has 1 fully saturated rings. The third-order valence-corrected chi connectivity index (χ3v) is 2.39. The highest BCUT2D eigenvalue weighted by atomic mass is 35.5. The summed E-state index contributed by atoms with van der Waals surface area (Å²) in [6.07, 6.45) is 4.28. The topological polar surface area (TPSA) is 47.0 Å². The summed E-state index contributed by atoms with van der Waals surface area (Å²) >= 11 is 5.67. The Bertz CT molecular complexity index is 285. The lowest BCUT2D eigenvalue weighted by atomic mass is 10.1. The van der Waals surface area contributed by atoms with Gasteiger partial charge in [0.2, 0.25) is 5.95 Å². The number of nitrogens with one attached hydrogen (secondary N) is 1. The van der Waals surface area contributed by atoms with Crippen LogP contribution in [0, 0.1) is 5.92 Å². The van der Waals surface area contributed by atoms with Crippen molar-refractivity contribution in [3.8, 4) is 0 Å². The second-order valence-corrected chi connectivity index (χ2v) is 3.77. The molecule has 1 aromatic heterocycles. The van der Waals surface area contributed by atoms with Crippen LogP contribution in [0.25, 0.3) is 0 Å². The van der Waals surface area contributed by atoms with E-state index in [1.165, 1.54) is 0 Å². The number of anilines is 1. The lowest BCUT2D eigenvalue weighted by Gasteiger charge is -2.08. The molecule has 0 bridgehead atoms. The van der Waals surface area contributed by atoms with E-state index in [9.17, 15) is 0 Å². The zero-order chi connectivity index (χ0) is 9.80. The predicted molar refractivity (Wildman–Crippen MR) is 54.5 cm³/mol. The van der Waals surface area contributed by atoms with Gasteiger partial charge >= 0.3 is 0 Å². The van der Waals surface area contributed by atoms with E-state index in [2.05, 4.69) is 15.3 Å². The van der Waals surface area contributed by atoms with Crippen LogP contribution in [0.2, 0.25) is 5.02 Å². The predicted octanol–water partition coefficient (Wildman–Crippen LogP) is 1.58. The second-order valence-electron chi connectivity index (χ2n) is 3.34. The largest absolute Gasteiger partial charge is 0.381 e. The minimum atomic E-state index is 0.555. The Balaban J connectivity index is 1.82. The minimum absolute atomic E-state index is 0.555. The molecule has 76 valence electrons. The number of ether oxygens (including phenoxy) is 1. The van der Waals surface area contributed by atoms with E-state index in [1.54, 1.807) is 12.4 Å². The van der Waals surface area contributed by atoms with Crippen LogP contribution in [0.5, 0.6) is 0 Å². The van der Waals surface area contributed by atoms with E-state index in [0.29, 0.717) is 16.9 Å². The van der Waals surface area contributed by atoms with Crippen molar-refractivity contribution in [3.63, 3.8) is 0 Å². The standard InChI is InChI=1S/C9H12ClN3O/c10-8-4-12-9(13-5-8)11-3-7-1-2-14-6-7/h4-5,7H,1-3,6H2,(H,11,12,13). The van der Waals surface area contributed by atoms with E-state index >= 15 is 0 Å². The van der Waals surface area contributed by atoms with E-state index < -0.39 is 0 Å². The first-order chi connectivity index (χ1) is 6.84. The first-order valence-electron chi connectivity index (χ1n) is 4.64. The number of hydrogen-bond donors (Lipinski definition) is 1. The van der Waals surface area contributed by atoms with Crippen LogP contribution < -0.4 is 5.32 Å². The molecule has 1 saturated heterocycles. The first-order valence-corrected chi connectivity index (χ1v) is 5.01. The van der Waals surface area contributed by atoms with Gasteiger partial charge in [-0.1, -0.05) is 11.6 Å². The van der Waals surface area contributed by atoms with Crippen LogP contribution in [0.4, 0.5) is 5.95 Å². The van der Waals surface area contributed by atoms with Gasteiger partial charge in [0.15, 0.2) is 0 Å². The molecule has 2 rings (SSSR count).